The quantitative estimate of drug-likeness (QED) is 0.116. The monoisotopic (exact) mass is 812 g/mol. The van der Waals surface area contributed by atoms with Gasteiger partial charge in [0.1, 0.15) is 0 Å². The fourth-order valence-electron chi connectivity index (χ4n) is 7.73. The van der Waals surface area contributed by atoms with Crippen LogP contribution >= 0.6 is 0 Å². The van der Waals surface area contributed by atoms with E-state index in [0.29, 0.717) is 0 Å². The van der Waals surface area contributed by atoms with Gasteiger partial charge in [0.05, 0.1) is 0 Å². The van der Waals surface area contributed by atoms with Crippen LogP contribution in [0.1, 0.15) is 44.5 Å². The zero-order chi connectivity index (χ0) is 32.1. The number of benzene rings is 6. The Balaban J connectivity index is 0.00000162. The molecule has 1 heteroatoms. The van der Waals surface area contributed by atoms with Gasteiger partial charge in [-0.05, 0) is 61.1 Å². The van der Waals surface area contributed by atoms with E-state index in [1.807, 2.05) is 0 Å². The van der Waals surface area contributed by atoms with Crippen LogP contribution in [0.15, 0.2) is 158 Å². The van der Waals surface area contributed by atoms with Crippen molar-refractivity contribution < 1.29 is 25.8 Å². The zero-order valence-electron chi connectivity index (χ0n) is 30.0. The van der Waals surface area contributed by atoms with Crippen LogP contribution in [-0.4, -0.2) is 0 Å². The van der Waals surface area contributed by atoms with E-state index in [-0.39, 0.29) is 40.7 Å². The van der Waals surface area contributed by atoms with E-state index in [0.717, 1.165) is 0 Å². The zero-order valence-corrected chi connectivity index (χ0v) is 33.6. The smallest absolute Gasteiger partial charge is 0.358 e. The van der Waals surface area contributed by atoms with Gasteiger partial charge in [-0.15, -0.1) is 69.1 Å². The van der Waals surface area contributed by atoms with Crippen LogP contribution in [-0.2, 0) is 31.3 Å². The molecule has 8 rings (SSSR count). The average Bonchev–Trinajstić information content (AvgIpc) is 3.73. The minimum Gasteiger partial charge on any atom is -0.358 e. The first kappa shape index (κ1) is 36.7. The summed E-state index contributed by atoms with van der Waals surface area (Å²) in [4.78, 5) is 0. The molecular weight excluding hydrogens is 767 g/mol. The standard InChI is InChI=1S/C47H38.2CH3.Hf/c1-31-19-23-37(24-20-31)47(38-25-21-32(2)22-26-38,39-27-35-13-9-17-43(45(35)29-39)41-15-7-5-11-33(41)3)40-28-36-14-10-18-44(46(36)30-40)42-16-8-6-12-34(42)4;;;/h5-30H,1-4H3;2*1H3;/q-2;2*-1;+4. The van der Waals surface area contributed by atoms with Gasteiger partial charge in [-0.25, -0.2) is 0 Å². The van der Waals surface area contributed by atoms with Gasteiger partial charge in [0.15, 0.2) is 0 Å². The molecule has 0 bridgehead atoms. The van der Waals surface area contributed by atoms with Gasteiger partial charge in [0.25, 0.3) is 0 Å². The van der Waals surface area contributed by atoms with Crippen LogP contribution in [0.5, 0.6) is 0 Å². The minimum atomic E-state index is -0.536. The van der Waals surface area contributed by atoms with Crippen molar-refractivity contribution in [3.05, 3.63) is 217 Å². The number of fused-ring (bicyclic) bond motifs is 2. The van der Waals surface area contributed by atoms with E-state index in [4.69, 9.17) is 0 Å². The third-order valence-corrected chi connectivity index (χ3v) is 10.2. The van der Waals surface area contributed by atoms with Gasteiger partial charge in [-0.1, -0.05) is 131 Å². The van der Waals surface area contributed by atoms with Crippen LogP contribution in [0.3, 0.4) is 0 Å². The maximum absolute atomic E-state index is 2.47. The molecule has 0 nitrogen and oxygen atoms in total. The molecule has 0 saturated heterocycles. The van der Waals surface area contributed by atoms with Crippen LogP contribution in [0.2, 0.25) is 0 Å². The van der Waals surface area contributed by atoms with Crippen molar-refractivity contribution >= 4 is 21.5 Å². The van der Waals surface area contributed by atoms with E-state index >= 15 is 0 Å². The molecule has 0 aromatic heterocycles. The van der Waals surface area contributed by atoms with Crippen molar-refractivity contribution in [2.45, 2.75) is 33.1 Å². The van der Waals surface area contributed by atoms with Crippen LogP contribution in [0.25, 0.3) is 43.8 Å². The first-order valence-corrected chi connectivity index (χ1v) is 16.6. The van der Waals surface area contributed by atoms with Gasteiger partial charge >= 0.3 is 25.8 Å². The second kappa shape index (κ2) is 14.7. The molecule has 0 radical (unpaired) electrons. The normalized spacial score (nSPS) is 11.1. The van der Waals surface area contributed by atoms with Crippen molar-refractivity contribution in [2.24, 2.45) is 0 Å². The topological polar surface area (TPSA) is 0 Å². The fourth-order valence-corrected chi connectivity index (χ4v) is 7.73. The number of hydrogen-bond donors (Lipinski definition) is 0. The summed E-state index contributed by atoms with van der Waals surface area (Å²) in [6, 6.07) is 59.2. The summed E-state index contributed by atoms with van der Waals surface area (Å²) < 4.78 is 0. The molecule has 0 N–H and O–H groups in total. The molecule has 244 valence electrons. The van der Waals surface area contributed by atoms with Crippen LogP contribution in [0, 0.1) is 42.5 Å². The molecule has 0 aliphatic heterocycles. The Labute approximate surface area is 318 Å². The molecule has 8 aromatic carbocycles. The predicted molar refractivity (Wildman–Crippen MR) is 214 cm³/mol. The number of rotatable bonds is 6. The van der Waals surface area contributed by atoms with E-state index in [2.05, 4.69) is 185 Å². The molecule has 50 heavy (non-hydrogen) atoms. The Bertz CT molecular complexity index is 2210. The average molecular weight is 811 g/mol. The summed E-state index contributed by atoms with van der Waals surface area (Å²) in [5, 5.41) is 5.11. The molecule has 0 aliphatic rings. The molecule has 0 spiro atoms. The van der Waals surface area contributed by atoms with E-state index in [1.165, 1.54) is 88.3 Å². The Morgan fingerprint density at radius 3 is 1.14 bits per heavy atom. The molecule has 0 aliphatic carbocycles. The number of aryl methyl sites for hydroxylation is 4. The summed E-state index contributed by atoms with van der Waals surface area (Å²) in [7, 11) is 0. The first-order valence-electron chi connectivity index (χ1n) is 16.6. The van der Waals surface area contributed by atoms with E-state index in [9.17, 15) is 0 Å². The Hall–Kier alpha value is -4.59. The first-order chi connectivity index (χ1) is 22.9. The maximum Gasteiger partial charge on any atom is 4.00 e. The van der Waals surface area contributed by atoms with Gasteiger partial charge < -0.3 is 14.9 Å². The van der Waals surface area contributed by atoms with Crippen molar-refractivity contribution in [2.75, 3.05) is 0 Å². The van der Waals surface area contributed by atoms with Gasteiger partial charge in [-0.3, -0.25) is 0 Å². The van der Waals surface area contributed by atoms with Crippen molar-refractivity contribution in [1.82, 2.24) is 0 Å². The molecule has 0 amide bonds. The summed E-state index contributed by atoms with van der Waals surface area (Å²) in [6.45, 7) is 8.77. The Kier molecular flexibility index (Phi) is 10.8. The van der Waals surface area contributed by atoms with Crippen molar-refractivity contribution in [1.29, 1.82) is 0 Å². The second-order valence-corrected chi connectivity index (χ2v) is 13.2. The summed E-state index contributed by atoms with van der Waals surface area (Å²) >= 11 is 0. The third kappa shape index (κ3) is 6.07. The summed E-state index contributed by atoms with van der Waals surface area (Å²) in [5.74, 6) is 0. The molecular formula is C49H44Hf. The van der Waals surface area contributed by atoms with Gasteiger partial charge in [-0.2, -0.15) is 12.1 Å². The second-order valence-electron chi connectivity index (χ2n) is 13.2. The Morgan fingerprint density at radius 1 is 0.400 bits per heavy atom. The minimum absolute atomic E-state index is 0. The van der Waals surface area contributed by atoms with E-state index < -0.39 is 5.41 Å². The van der Waals surface area contributed by atoms with E-state index in [1.54, 1.807) is 0 Å². The molecule has 0 unspecified atom stereocenters. The molecule has 0 heterocycles. The Morgan fingerprint density at radius 2 is 0.760 bits per heavy atom. The maximum atomic E-state index is 2.47. The van der Waals surface area contributed by atoms with Gasteiger partial charge in [0, 0.05) is 5.41 Å². The third-order valence-electron chi connectivity index (χ3n) is 10.2. The SMILES string of the molecule is Cc1ccc(C(c2ccc(C)cc2)(c2cc3c(-c4ccccc4C)cccc3[cH-]2)c2cc3c(-c4ccccc4C)cccc3[cH-]2)cc1.[CH3-].[CH3-].[Hf+4]. The molecule has 0 atom stereocenters. The van der Waals surface area contributed by atoms with Crippen molar-refractivity contribution in [3.63, 3.8) is 0 Å². The van der Waals surface area contributed by atoms with Crippen molar-refractivity contribution in [3.8, 4) is 22.3 Å². The summed E-state index contributed by atoms with van der Waals surface area (Å²) in [5.41, 5.74) is 14.8. The summed E-state index contributed by atoms with van der Waals surface area (Å²) in [6.07, 6.45) is 0. The molecule has 0 saturated carbocycles. The number of hydrogen-bond acceptors (Lipinski definition) is 0. The van der Waals surface area contributed by atoms with Crippen LogP contribution < -0.4 is 0 Å². The largest absolute Gasteiger partial charge is 4.00 e. The predicted octanol–water partition coefficient (Wildman–Crippen LogP) is 13.3. The van der Waals surface area contributed by atoms with Crippen LogP contribution in [0.4, 0.5) is 0 Å². The fraction of sp³-hybridized carbons (Fsp3) is 0.102. The molecule has 8 aromatic rings. The van der Waals surface area contributed by atoms with Gasteiger partial charge in [0.2, 0.25) is 0 Å². The molecule has 0 fully saturated rings.